The maximum Gasteiger partial charge on any atom is 0.273 e. The molecule has 1 aromatic carbocycles. The number of nitrogens with zero attached hydrogens (tertiary/aromatic N) is 2. The average molecular weight is 353 g/mol. The summed E-state index contributed by atoms with van der Waals surface area (Å²) in [4.78, 5) is 19.1. The van der Waals surface area contributed by atoms with E-state index in [1.165, 1.54) is 16.9 Å². The van der Waals surface area contributed by atoms with Gasteiger partial charge in [0.15, 0.2) is 4.96 Å². The van der Waals surface area contributed by atoms with Crippen molar-refractivity contribution in [1.29, 1.82) is 0 Å². The molecule has 1 amide bonds. The minimum absolute atomic E-state index is 0.124. The number of thiazole rings is 1. The third-order valence-electron chi connectivity index (χ3n) is 3.84. The van der Waals surface area contributed by atoms with Gasteiger partial charge < -0.3 is 5.32 Å². The lowest BCUT2D eigenvalue weighted by Gasteiger charge is -2.05. The molecule has 0 fully saturated rings. The van der Waals surface area contributed by atoms with Crippen molar-refractivity contribution < 1.29 is 4.79 Å². The number of carbonyl (C=O) groups excluding carboxylic acids is 1. The summed E-state index contributed by atoms with van der Waals surface area (Å²) in [5.41, 5.74) is 3.55. The fourth-order valence-electron chi connectivity index (χ4n) is 2.51. The van der Waals surface area contributed by atoms with Gasteiger partial charge >= 0.3 is 0 Å². The Morgan fingerprint density at radius 2 is 2.04 bits per heavy atom. The molecule has 0 aliphatic carbocycles. The van der Waals surface area contributed by atoms with Gasteiger partial charge in [-0.05, 0) is 35.6 Å². The number of amides is 1. The zero-order valence-corrected chi connectivity index (χ0v) is 14.7. The Labute approximate surface area is 147 Å². The van der Waals surface area contributed by atoms with Gasteiger partial charge in [-0.3, -0.25) is 9.20 Å². The fraction of sp³-hybridized carbons (Fsp3) is 0.111. The van der Waals surface area contributed by atoms with Crippen LogP contribution < -0.4 is 5.32 Å². The van der Waals surface area contributed by atoms with Crippen molar-refractivity contribution in [3.05, 3.63) is 64.6 Å². The van der Waals surface area contributed by atoms with Crippen LogP contribution in [0.5, 0.6) is 0 Å². The lowest BCUT2D eigenvalue weighted by atomic mass is 10.1. The molecule has 0 bridgehead atoms. The van der Waals surface area contributed by atoms with Gasteiger partial charge in [0.1, 0.15) is 11.4 Å². The van der Waals surface area contributed by atoms with Crippen molar-refractivity contribution in [2.45, 2.75) is 13.3 Å². The van der Waals surface area contributed by atoms with Crippen molar-refractivity contribution in [2.24, 2.45) is 0 Å². The summed E-state index contributed by atoms with van der Waals surface area (Å²) in [5.74, 6) is -0.124. The normalized spacial score (nSPS) is 11.0. The van der Waals surface area contributed by atoms with Crippen LogP contribution in [0, 0.1) is 0 Å². The van der Waals surface area contributed by atoms with E-state index in [0.29, 0.717) is 5.69 Å². The Balaban J connectivity index is 1.61. The summed E-state index contributed by atoms with van der Waals surface area (Å²) in [6, 6.07) is 12.0. The zero-order chi connectivity index (χ0) is 16.5. The Morgan fingerprint density at radius 1 is 1.21 bits per heavy atom. The minimum Gasteiger partial charge on any atom is -0.321 e. The highest BCUT2D eigenvalue weighted by molar-refractivity contribution is 7.15. The number of hydrogen-bond acceptors (Lipinski definition) is 4. The first-order valence-electron chi connectivity index (χ1n) is 7.65. The van der Waals surface area contributed by atoms with Crippen LogP contribution in [-0.4, -0.2) is 15.3 Å². The molecule has 0 aliphatic heterocycles. The van der Waals surface area contributed by atoms with Gasteiger partial charge in [0.25, 0.3) is 5.91 Å². The standard InChI is InChI=1S/C18H15N3OS2/c1-2-12-5-7-13(8-6-12)19-17(22)15-11-24-18-20-14(10-21(15)18)16-4-3-9-23-16/h3-11H,2H2,1H3,(H,19,22). The van der Waals surface area contributed by atoms with E-state index >= 15 is 0 Å². The lowest BCUT2D eigenvalue weighted by molar-refractivity contribution is 0.102. The second kappa shape index (κ2) is 6.22. The van der Waals surface area contributed by atoms with Gasteiger partial charge in [-0.25, -0.2) is 4.98 Å². The molecule has 6 heteroatoms. The summed E-state index contributed by atoms with van der Waals surface area (Å²) in [6.45, 7) is 2.11. The van der Waals surface area contributed by atoms with Gasteiger partial charge in [-0.1, -0.05) is 25.1 Å². The van der Waals surface area contributed by atoms with E-state index < -0.39 is 0 Å². The van der Waals surface area contributed by atoms with Gasteiger partial charge in [-0.2, -0.15) is 0 Å². The van der Waals surface area contributed by atoms with Crippen LogP contribution >= 0.6 is 22.7 Å². The van der Waals surface area contributed by atoms with E-state index in [4.69, 9.17) is 0 Å². The molecule has 4 nitrogen and oxygen atoms in total. The average Bonchev–Trinajstić information content (AvgIpc) is 3.31. The van der Waals surface area contributed by atoms with Gasteiger partial charge in [0.2, 0.25) is 0 Å². The van der Waals surface area contributed by atoms with E-state index in [9.17, 15) is 4.79 Å². The quantitative estimate of drug-likeness (QED) is 0.565. The maximum atomic E-state index is 12.6. The second-order valence-electron chi connectivity index (χ2n) is 5.38. The topological polar surface area (TPSA) is 46.4 Å². The first-order valence-corrected chi connectivity index (χ1v) is 9.41. The molecule has 3 aromatic heterocycles. The molecule has 0 unspecified atom stereocenters. The van der Waals surface area contributed by atoms with Crippen molar-refractivity contribution >= 4 is 39.2 Å². The Kier molecular flexibility index (Phi) is 3.92. The third-order valence-corrected chi connectivity index (χ3v) is 5.57. The lowest BCUT2D eigenvalue weighted by Crippen LogP contribution is -2.13. The molecule has 24 heavy (non-hydrogen) atoms. The number of hydrogen-bond donors (Lipinski definition) is 1. The summed E-state index contributed by atoms with van der Waals surface area (Å²) in [6.07, 6.45) is 2.91. The number of benzene rings is 1. The molecule has 1 N–H and O–H groups in total. The van der Waals surface area contributed by atoms with E-state index in [-0.39, 0.29) is 5.91 Å². The number of imidazole rings is 1. The predicted molar refractivity (Wildman–Crippen MR) is 100 cm³/mol. The van der Waals surface area contributed by atoms with Gasteiger partial charge in [0, 0.05) is 17.3 Å². The third kappa shape index (κ3) is 2.74. The molecule has 4 aromatic rings. The first-order chi connectivity index (χ1) is 11.7. The van der Waals surface area contributed by atoms with Crippen LogP contribution in [0.4, 0.5) is 5.69 Å². The van der Waals surface area contributed by atoms with Crippen molar-refractivity contribution in [1.82, 2.24) is 9.38 Å². The zero-order valence-electron chi connectivity index (χ0n) is 13.0. The summed E-state index contributed by atoms with van der Waals surface area (Å²) >= 11 is 3.12. The van der Waals surface area contributed by atoms with E-state index in [0.717, 1.165) is 27.6 Å². The number of thiophene rings is 1. The highest BCUT2D eigenvalue weighted by Gasteiger charge is 2.15. The highest BCUT2D eigenvalue weighted by atomic mass is 32.1. The smallest absolute Gasteiger partial charge is 0.273 e. The van der Waals surface area contributed by atoms with Crippen molar-refractivity contribution in [3.63, 3.8) is 0 Å². The van der Waals surface area contributed by atoms with Crippen LogP contribution in [0.1, 0.15) is 23.0 Å². The molecule has 0 radical (unpaired) electrons. The molecule has 3 heterocycles. The first kappa shape index (κ1) is 15.1. The van der Waals surface area contributed by atoms with E-state index in [1.54, 1.807) is 11.3 Å². The molecule has 0 atom stereocenters. The number of carbonyl (C=O) groups is 1. The highest BCUT2D eigenvalue weighted by Crippen LogP contribution is 2.27. The number of aromatic nitrogens is 2. The molecule has 0 saturated heterocycles. The molecule has 0 aliphatic rings. The molecule has 0 saturated carbocycles. The van der Waals surface area contributed by atoms with Gasteiger partial charge in [-0.15, -0.1) is 22.7 Å². The number of nitrogens with one attached hydrogen (secondary N) is 1. The SMILES string of the molecule is CCc1ccc(NC(=O)c2csc3nc(-c4cccs4)cn23)cc1. The fourth-order valence-corrected chi connectivity index (χ4v) is 4.04. The Bertz CT molecular complexity index is 981. The molecule has 4 rings (SSSR count). The predicted octanol–water partition coefficient (Wildman–Crippen LogP) is 4.94. The molecule has 120 valence electrons. The second-order valence-corrected chi connectivity index (χ2v) is 7.17. The van der Waals surface area contributed by atoms with E-state index in [1.807, 2.05) is 57.8 Å². The number of anilines is 1. The number of aryl methyl sites for hydroxylation is 1. The minimum atomic E-state index is -0.124. The maximum absolute atomic E-state index is 12.6. The summed E-state index contributed by atoms with van der Waals surface area (Å²) in [7, 11) is 0. The number of rotatable bonds is 4. The summed E-state index contributed by atoms with van der Waals surface area (Å²) < 4.78 is 1.86. The van der Waals surface area contributed by atoms with Crippen molar-refractivity contribution in [3.8, 4) is 10.6 Å². The van der Waals surface area contributed by atoms with Gasteiger partial charge in [0.05, 0.1) is 4.88 Å². The Hall–Kier alpha value is -2.44. The Morgan fingerprint density at radius 3 is 2.75 bits per heavy atom. The summed E-state index contributed by atoms with van der Waals surface area (Å²) in [5, 5.41) is 6.82. The van der Waals surface area contributed by atoms with Crippen LogP contribution in [0.3, 0.4) is 0 Å². The molecular formula is C18H15N3OS2. The van der Waals surface area contributed by atoms with E-state index in [2.05, 4.69) is 17.2 Å². The van der Waals surface area contributed by atoms with Crippen LogP contribution in [0.25, 0.3) is 15.5 Å². The number of fused-ring (bicyclic) bond motifs is 1. The van der Waals surface area contributed by atoms with Crippen LogP contribution in [0.15, 0.2) is 53.4 Å². The largest absolute Gasteiger partial charge is 0.321 e. The molecular weight excluding hydrogens is 338 g/mol. The monoisotopic (exact) mass is 353 g/mol. The van der Waals surface area contributed by atoms with Crippen LogP contribution in [0.2, 0.25) is 0 Å². The van der Waals surface area contributed by atoms with Crippen molar-refractivity contribution in [2.75, 3.05) is 5.32 Å². The molecule has 0 spiro atoms. The van der Waals surface area contributed by atoms with Crippen LogP contribution in [-0.2, 0) is 6.42 Å².